The van der Waals surface area contributed by atoms with E-state index in [0.29, 0.717) is 6.42 Å². The van der Waals surface area contributed by atoms with Gasteiger partial charge in [-0.2, -0.15) is 5.10 Å². The van der Waals surface area contributed by atoms with Crippen molar-refractivity contribution in [3.05, 3.63) is 41.2 Å². The molecule has 2 aromatic rings. The molecule has 118 valence electrons. The summed E-state index contributed by atoms with van der Waals surface area (Å²) in [5.41, 5.74) is 3.66. The van der Waals surface area contributed by atoms with Crippen molar-refractivity contribution in [1.29, 1.82) is 0 Å². The van der Waals surface area contributed by atoms with E-state index < -0.39 is 0 Å². The molecule has 3 N–H and O–H groups in total. The molecule has 22 heavy (non-hydrogen) atoms. The van der Waals surface area contributed by atoms with Gasteiger partial charge >= 0.3 is 6.03 Å². The van der Waals surface area contributed by atoms with E-state index in [2.05, 4.69) is 20.8 Å². The summed E-state index contributed by atoms with van der Waals surface area (Å²) >= 11 is 0. The van der Waals surface area contributed by atoms with Gasteiger partial charge in [-0.05, 0) is 50.6 Å². The Bertz CT molecular complexity index is 651. The molecule has 1 aromatic heterocycles. The maximum absolute atomic E-state index is 12.0. The van der Waals surface area contributed by atoms with E-state index in [4.69, 9.17) is 4.74 Å². The SMILES string of the molecule is COc1ccc(NC(=O)NC(C)Cc2cc(C)[nH]n2)c(C)c1. The molecule has 1 atom stereocenters. The first-order valence-electron chi connectivity index (χ1n) is 7.21. The number of ether oxygens (including phenoxy) is 1. The lowest BCUT2D eigenvalue weighted by atomic mass is 10.2. The van der Waals surface area contributed by atoms with Crippen molar-refractivity contribution in [2.45, 2.75) is 33.2 Å². The molecule has 6 nitrogen and oxygen atoms in total. The van der Waals surface area contributed by atoms with E-state index in [9.17, 15) is 4.79 Å². The molecule has 0 saturated carbocycles. The second-order valence-corrected chi connectivity index (χ2v) is 5.43. The monoisotopic (exact) mass is 302 g/mol. The number of urea groups is 1. The number of carbonyl (C=O) groups excluding carboxylic acids is 1. The third-order valence-corrected chi connectivity index (χ3v) is 3.33. The van der Waals surface area contributed by atoms with Gasteiger partial charge < -0.3 is 15.4 Å². The van der Waals surface area contributed by atoms with Gasteiger partial charge in [0, 0.05) is 23.8 Å². The fourth-order valence-electron chi connectivity index (χ4n) is 2.23. The predicted octanol–water partition coefficient (Wildman–Crippen LogP) is 2.79. The Morgan fingerprint density at radius 2 is 2.14 bits per heavy atom. The summed E-state index contributed by atoms with van der Waals surface area (Å²) in [6.07, 6.45) is 0.680. The van der Waals surface area contributed by atoms with Crippen LogP contribution in [0, 0.1) is 13.8 Å². The van der Waals surface area contributed by atoms with Crippen molar-refractivity contribution < 1.29 is 9.53 Å². The topological polar surface area (TPSA) is 79.0 Å². The quantitative estimate of drug-likeness (QED) is 0.794. The van der Waals surface area contributed by atoms with Gasteiger partial charge in [-0.1, -0.05) is 0 Å². The minimum Gasteiger partial charge on any atom is -0.497 e. The van der Waals surface area contributed by atoms with Crippen LogP contribution in [-0.2, 0) is 6.42 Å². The molecule has 0 spiro atoms. The zero-order valence-corrected chi connectivity index (χ0v) is 13.4. The summed E-state index contributed by atoms with van der Waals surface area (Å²) in [4.78, 5) is 12.0. The molecular formula is C16H22N4O2. The first kappa shape index (κ1) is 15.9. The van der Waals surface area contributed by atoms with E-state index in [1.54, 1.807) is 7.11 Å². The summed E-state index contributed by atoms with van der Waals surface area (Å²) in [5.74, 6) is 0.769. The molecule has 2 amide bonds. The molecule has 0 aliphatic carbocycles. The molecule has 0 aliphatic rings. The maximum Gasteiger partial charge on any atom is 0.319 e. The van der Waals surface area contributed by atoms with E-state index in [0.717, 1.165) is 28.4 Å². The maximum atomic E-state index is 12.0. The van der Waals surface area contributed by atoms with Gasteiger partial charge in [-0.25, -0.2) is 4.79 Å². The summed E-state index contributed by atoms with van der Waals surface area (Å²) < 4.78 is 5.15. The minimum atomic E-state index is -0.229. The first-order chi connectivity index (χ1) is 10.5. The number of methoxy groups -OCH3 is 1. The summed E-state index contributed by atoms with van der Waals surface area (Å²) in [5, 5.41) is 12.8. The number of H-pyrrole nitrogens is 1. The smallest absolute Gasteiger partial charge is 0.319 e. The fourth-order valence-corrected chi connectivity index (χ4v) is 2.23. The van der Waals surface area contributed by atoms with E-state index in [1.807, 2.05) is 45.0 Å². The molecule has 1 heterocycles. The van der Waals surface area contributed by atoms with E-state index in [-0.39, 0.29) is 12.1 Å². The highest BCUT2D eigenvalue weighted by atomic mass is 16.5. The summed E-state index contributed by atoms with van der Waals surface area (Å²) in [6, 6.07) is 7.26. The molecular weight excluding hydrogens is 280 g/mol. The van der Waals surface area contributed by atoms with Crippen LogP contribution >= 0.6 is 0 Å². The van der Waals surface area contributed by atoms with Crippen LogP contribution in [0.2, 0.25) is 0 Å². The number of hydrogen-bond acceptors (Lipinski definition) is 3. The van der Waals surface area contributed by atoms with Crippen LogP contribution in [0.3, 0.4) is 0 Å². The first-order valence-corrected chi connectivity index (χ1v) is 7.21. The largest absolute Gasteiger partial charge is 0.497 e. The normalized spacial score (nSPS) is 11.8. The number of nitrogens with one attached hydrogen (secondary N) is 3. The lowest BCUT2D eigenvalue weighted by molar-refractivity contribution is 0.249. The number of nitrogens with zero attached hydrogens (tertiary/aromatic N) is 1. The highest BCUT2D eigenvalue weighted by molar-refractivity contribution is 5.90. The van der Waals surface area contributed by atoms with Crippen molar-refractivity contribution in [1.82, 2.24) is 15.5 Å². The number of rotatable bonds is 5. The fraction of sp³-hybridized carbons (Fsp3) is 0.375. The molecule has 0 bridgehead atoms. The number of hydrogen-bond donors (Lipinski definition) is 3. The van der Waals surface area contributed by atoms with Crippen LogP contribution in [-0.4, -0.2) is 29.4 Å². The van der Waals surface area contributed by atoms with Crippen LogP contribution in [0.5, 0.6) is 5.75 Å². The number of carbonyl (C=O) groups is 1. The van der Waals surface area contributed by atoms with Crippen molar-refractivity contribution in [2.75, 3.05) is 12.4 Å². The van der Waals surface area contributed by atoms with Gasteiger partial charge in [0.2, 0.25) is 0 Å². The van der Waals surface area contributed by atoms with Gasteiger partial charge in [0.15, 0.2) is 0 Å². The van der Waals surface area contributed by atoms with Gasteiger partial charge in [0.05, 0.1) is 12.8 Å². The van der Waals surface area contributed by atoms with Crippen molar-refractivity contribution in [2.24, 2.45) is 0 Å². The average Bonchev–Trinajstić information content (AvgIpc) is 2.86. The van der Waals surface area contributed by atoms with Crippen LogP contribution < -0.4 is 15.4 Å². The van der Waals surface area contributed by atoms with Crippen molar-refractivity contribution >= 4 is 11.7 Å². The number of amides is 2. The molecule has 6 heteroatoms. The molecule has 0 aliphatic heterocycles. The number of benzene rings is 1. The van der Waals surface area contributed by atoms with Crippen molar-refractivity contribution in [3.8, 4) is 5.75 Å². The third kappa shape index (κ3) is 4.25. The second kappa shape index (κ2) is 6.98. The summed E-state index contributed by atoms with van der Waals surface area (Å²) in [7, 11) is 1.62. The van der Waals surface area contributed by atoms with Gasteiger partial charge in [0.1, 0.15) is 5.75 Å². The van der Waals surface area contributed by atoms with Gasteiger partial charge in [0.25, 0.3) is 0 Å². The van der Waals surface area contributed by atoms with Crippen LogP contribution in [0.1, 0.15) is 23.9 Å². The zero-order chi connectivity index (χ0) is 16.1. The number of aromatic nitrogens is 2. The molecule has 1 unspecified atom stereocenters. The molecule has 1 aromatic carbocycles. The molecule has 0 fully saturated rings. The Labute approximate surface area is 130 Å². The highest BCUT2D eigenvalue weighted by Gasteiger charge is 2.11. The van der Waals surface area contributed by atoms with Crippen LogP contribution in [0.4, 0.5) is 10.5 Å². The molecule has 0 saturated heterocycles. The average molecular weight is 302 g/mol. The van der Waals surface area contributed by atoms with Crippen molar-refractivity contribution in [3.63, 3.8) is 0 Å². The van der Waals surface area contributed by atoms with E-state index >= 15 is 0 Å². The summed E-state index contributed by atoms with van der Waals surface area (Å²) in [6.45, 7) is 5.83. The number of aromatic amines is 1. The van der Waals surface area contributed by atoms with Crippen LogP contribution in [0.15, 0.2) is 24.3 Å². The predicted molar refractivity (Wildman–Crippen MR) is 86.4 cm³/mol. The molecule has 0 radical (unpaired) electrons. The second-order valence-electron chi connectivity index (χ2n) is 5.43. The number of anilines is 1. The van der Waals surface area contributed by atoms with Gasteiger partial charge in [-0.15, -0.1) is 0 Å². The number of aryl methyl sites for hydroxylation is 2. The van der Waals surface area contributed by atoms with E-state index in [1.165, 1.54) is 0 Å². The Balaban J connectivity index is 1.89. The Kier molecular flexibility index (Phi) is 5.04. The minimum absolute atomic E-state index is 0.0127. The highest BCUT2D eigenvalue weighted by Crippen LogP contribution is 2.20. The lowest BCUT2D eigenvalue weighted by Gasteiger charge is -2.15. The zero-order valence-electron chi connectivity index (χ0n) is 13.4. The Morgan fingerprint density at radius 1 is 1.36 bits per heavy atom. The third-order valence-electron chi connectivity index (χ3n) is 3.33. The van der Waals surface area contributed by atoms with Crippen LogP contribution in [0.25, 0.3) is 0 Å². The molecule has 2 rings (SSSR count). The lowest BCUT2D eigenvalue weighted by Crippen LogP contribution is -2.37. The Hall–Kier alpha value is -2.50. The van der Waals surface area contributed by atoms with Gasteiger partial charge in [-0.3, -0.25) is 5.10 Å². The Morgan fingerprint density at radius 3 is 2.73 bits per heavy atom. The standard InChI is InChI=1S/C16H22N4O2/c1-10-7-14(22-4)5-6-15(10)18-16(21)17-11(2)8-13-9-12(3)19-20-13/h5-7,9,11H,8H2,1-4H3,(H,19,20)(H2,17,18,21).